The molecular weight excluding hydrogens is 290 g/mol. The van der Waals surface area contributed by atoms with Crippen molar-refractivity contribution in [3.8, 4) is 0 Å². The van der Waals surface area contributed by atoms with Crippen LogP contribution >= 0.6 is 11.8 Å². The summed E-state index contributed by atoms with van der Waals surface area (Å²) in [6.07, 6.45) is 4.51. The molecule has 1 fully saturated rings. The molecule has 1 aromatic rings. The van der Waals surface area contributed by atoms with Crippen LogP contribution in [0.4, 0.5) is 5.82 Å². The topological polar surface area (TPSA) is 84.2 Å². The third kappa shape index (κ3) is 5.08. The van der Waals surface area contributed by atoms with E-state index in [4.69, 9.17) is 4.52 Å². The molecule has 1 aromatic heterocycles. The third-order valence-electron chi connectivity index (χ3n) is 3.43. The maximum atomic E-state index is 11.9. The summed E-state index contributed by atoms with van der Waals surface area (Å²) in [7, 11) is 0. The summed E-state index contributed by atoms with van der Waals surface area (Å²) in [5.41, 5.74) is 0. The Hall–Kier alpha value is -1.50. The van der Waals surface area contributed by atoms with Crippen LogP contribution in [0.25, 0.3) is 0 Å². The summed E-state index contributed by atoms with van der Waals surface area (Å²) >= 11 is 1.32. The molecular formula is C14H21N3O3S. The van der Waals surface area contributed by atoms with Gasteiger partial charge in [-0.2, -0.15) is 0 Å². The molecule has 1 atom stereocenters. The molecule has 1 aliphatic rings. The second-order valence-electron chi connectivity index (χ2n) is 5.31. The Morgan fingerprint density at radius 2 is 2.19 bits per heavy atom. The highest BCUT2D eigenvalue weighted by atomic mass is 32.2. The van der Waals surface area contributed by atoms with Crippen LogP contribution < -0.4 is 10.6 Å². The zero-order valence-corrected chi connectivity index (χ0v) is 13.2. The van der Waals surface area contributed by atoms with Gasteiger partial charge in [-0.3, -0.25) is 9.59 Å². The standard InChI is InChI=1S/C14H21N3O3S/c1-9-7-12(17-20-9)16-14(19)10(2)21-8-13(18)15-11-5-3-4-6-11/h7,10-11H,3-6,8H2,1-2H3,(H,15,18)(H,16,17,19)/t10-/m1/s1. The summed E-state index contributed by atoms with van der Waals surface area (Å²) in [5.74, 6) is 1.16. The maximum absolute atomic E-state index is 11.9. The number of aromatic nitrogens is 1. The molecule has 0 bridgehead atoms. The summed E-state index contributed by atoms with van der Waals surface area (Å²) in [6, 6.07) is 1.97. The van der Waals surface area contributed by atoms with Crippen molar-refractivity contribution in [2.45, 2.75) is 50.8 Å². The highest BCUT2D eigenvalue weighted by Crippen LogP contribution is 2.18. The van der Waals surface area contributed by atoms with Gasteiger partial charge in [-0.15, -0.1) is 11.8 Å². The molecule has 116 valence electrons. The summed E-state index contributed by atoms with van der Waals surface area (Å²) in [5, 5.41) is 9.05. The molecule has 1 heterocycles. The second-order valence-corrected chi connectivity index (χ2v) is 6.64. The lowest BCUT2D eigenvalue weighted by atomic mass is 10.2. The van der Waals surface area contributed by atoms with E-state index >= 15 is 0 Å². The lowest BCUT2D eigenvalue weighted by molar-refractivity contribution is -0.119. The number of rotatable bonds is 6. The van der Waals surface area contributed by atoms with E-state index in [0.29, 0.717) is 23.4 Å². The number of anilines is 1. The van der Waals surface area contributed by atoms with Gasteiger partial charge in [0, 0.05) is 12.1 Å². The highest BCUT2D eigenvalue weighted by Gasteiger charge is 2.20. The molecule has 2 N–H and O–H groups in total. The van der Waals surface area contributed by atoms with Crippen molar-refractivity contribution in [2.24, 2.45) is 0 Å². The molecule has 0 unspecified atom stereocenters. The van der Waals surface area contributed by atoms with Gasteiger partial charge >= 0.3 is 0 Å². The van der Waals surface area contributed by atoms with E-state index in [1.807, 2.05) is 0 Å². The first-order valence-corrected chi connectivity index (χ1v) is 8.24. The van der Waals surface area contributed by atoms with Crippen molar-refractivity contribution in [2.75, 3.05) is 11.1 Å². The Balaban J connectivity index is 1.69. The van der Waals surface area contributed by atoms with E-state index < -0.39 is 0 Å². The Labute approximate surface area is 128 Å². The van der Waals surface area contributed by atoms with Crippen LogP contribution in [0.5, 0.6) is 0 Å². The zero-order chi connectivity index (χ0) is 15.2. The van der Waals surface area contributed by atoms with Gasteiger partial charge in [0.15, 0.2) is 5.82 Å². The van der Waals surface area contributed by atoms with E-state index in [0.717, 1.165) is 12.8 Å². The number of aryl methyl sites for hydroxylation is 1. The number of carbonyl (C=O) groups excluding carboxylic acids is 2. The first-order valence-electron chi connectivity index (χ1n) is 7.20. The number of carbonyl (C=O) groups is 2. The molecule has 21 heavy (non-hydrogen) atoms. The van der Waals surface area contributed by atoms with Crippen LogP contribution in [0.1, 0.15) is 38.4 Å². The van der Waals surface area contributed by atoms with Crippen LogP contribution in [0.3, 0.4) is 0 Å². The van der Waals surface area contributed by atoms with Gasteiger partial charge in [0.05, 0.1) is 11.0 Å². The zero-order valence-electron chi connectivity index (χ0n) is 12.3. The molecule has 6 nitrogen and oxygen atoms in total. The van der Waals surface area contributed by atoms with Crippen LogP contribution in [0.2, 0.25) is 0 Å². The molecule has 1 aliphatic carbocycles. The minimum absolute atomic E-state index is 0.00355. The van der Waals surface area contributed by atoms with Crippen LogP contribution in [0, 0.1) is 6.92 Å². The van der Waals surface area contributed by atoms with Gasteiger partial charge < -0.3 is 15.2 Å². The third-order valence-corrected chi connectivity index (χ3v) is 4.58. The van der Waals surface area contributed by atoms with Gasteiger partial charge in [-0.25, -0.2) is 0 Å². The number of hydrogen-bond donors (Lipinski definition) is 2. The van der Waals surface area contributed by atoms with Gasteiger partial charge in [0.25, 0.3) is 0 Å². The molecule has 2 amide bonds. The van der Waals surface area contributed by atoms with E-state index in [2.05, 4.69) is 15.8 Å². The highest BCUT2D eigenvalue weighted by molar-refractivity contribution is 8.01. The van der Waals surface area contributed by atoms with E-state index in [-0.39, 0.29) is 17.1 Å². The smallest absolute Gasteiger partial charge is 0.238 e. The predicted molar refractivity (Wildman–Crippen MR) is 82.2 cm³/mol. The quantitative estimate of drug-likeness (QED) is 0.840. The average molecular weight is 311 g/mol. The minimum Gasteiger partial charge on any atom is -0.360 e. The monoisotopic (exact) mass is 311 g/mol. The summed E-state index contributed by atoms with van der Waals surface area (Å²) < 4.78 is 4.88. The van der Waals surface area contributed by atoms with Gasteiger partial charge in [0.2, 0.25) is 11.8 Å². The first-order chi connectivity index (χ1) is 10.0. The SMILES string of the molecule is Cc1cc(NC(=O)[C@@H](C)SCC(=O)NC2CCCC2)no1. The van der Waals surface area contributed by atoms with Gasteiger partial charge in [-0.1, -0.05) is 18.0 Å². The number of nitrogens with one attached hydrogen (secondary N) is 2. The van der Waals surface area contributed by atoms with Crippen molar-refractivity contribution in [3.05, 3.63) is 11.8 Å². The number of nitrogens with zero attached hydrogens (tertiary/aromatic N) is 1. The molecule has 0 saturated heterocycles. The second kappa shape index (κ2) is 7.49. The van der Waals surface area contributed by atoms with Crippen LogP contribution in [0.15, 0.2) is 10.6 Å². The fourth-order valence-electron chi connectivity index (χ4n) is 2.27. The molecule has 1 saturated carbocycles. The fourth-order valence-corrected chi connectivity index (χ4v) is 2.96. The lowest BCUT2D eigenvalue weighted by Gasteiger charge is -2.13. The van der Waals surface area contributed by atoms with Crippen molar-refractivity contribution in [3.63, 3.8) is 0 Å². The minimum atomic E-state index is -0.323. The normalized spacial score (nSPS) is 16.7. The van der Waals surface area contributed by atoms with Crippen LogP contribution in [-0.2, 0) is 9.59 Å². The maximum Gasteiger partial charge on any atom is 0.238 e. The Morgan fingerprint density at radius 3 is 2.81 bits per heavy atom. The van der Waals surface area contributed by atoms with Crippen molar-refractivity contribution in [1.82, 2.24) is 10.5 Å². The number of thioether (sulfide) groups is 1. The Morgan fingerprint density at radius 1 is 1.48 bits per heavy atom. The summed E-state index contributed by atoms with van der Waals surface area (Å²) in [4.78, 5) is 23.7. The molecule has 7 heteroatoms. The number of amides is 2. The van der Waals surface area contributed by atoms with Crippen molar-refractivity contribution < 1.29 is 14.1 Å². The van der Waals surface area contributed by atoms with Crippen molar-refractivity contribution in [1.29, 1.82) is 0 Å². The van der Waals surface area contributed by atoms with Gasteiger partial charge in [0.1, 0.15) is 5.76 Å². The molecule has 0 aromatic carbocycles. The molecule has 0 spiro atoms. The van der Waals surface area contributed by atoms with E-state index in [1.54, 1.807) is 19.9 Å². The lowest BCUT2D eigenvalue weighted by Crippen LogP contribution is -2.35. The largest absolute Gasteiger partial charge is 0.360 e. The van der Waals surface area contributed by atoms with Crippen molar-refractivity contribution >= 4 is 29.4 Å². The first kappa shape index (κ1) is 15.9. The molecule has 0 radical (unpaired) electrons. The number of hydrogen-bond acceptors (Lipinski definition) is 5. The van der Waals surface area contributed by atoms with Gasteiger partial charge in [-0.05, 0) is 26.7 Å². The molecule has 0 aliphatic heterocycles. The molecule has 2 rings (SSSR count). The Kier molecular flexibility index (Phi) is 5.67. The predicted octanol–water partition coefficient (Wildman–Crippen LogP) is 2.10. The van der Waals surface area contributed by atoms with E-state index in [1.165, 1.54) is 24.6 Å². The fraction of sp³-hybridized carbons (Fsp3) is 0.643. The van der Waals surface area contributed by atoms with Crippen LogP contribution in [-0.4, -0.2) is 34.0 Å². The van der Waals surface area contributed by atoms with E-state index in [9.17, 15) is 9.59 Å². The average Bonchev–Trinajstić information content (AvgIpc) is 3.08. The Bertz CT molecular complexity index is 497. The summed E-state index contributed by atoms with van der Waals surface area (Å²) in [6.45, 7) is 3.53.